The number of rotatable bonds is 7. The van der Waals surface area contributed by atoms with E-state index in [1.54, 1.807) is 32.4 Å². The van der Waals surface area contributed by atoms with Crippen LogP contribution in [-0.2, 0) is 21.8 Å². The molecule has 25 heavy (non-hydrogen) atoms. The molecule has 0 amide bonds. The molecular weight excluding hydrogens is 340 g/mol. The molecular formula is C18H28N2O4S. The van der Waals surface area contributed by atoms with Gasteiger partial charge < -0.3 is 9.30 Å². The van der Waals surface area contributed by atoms with Crippen molar-refractivity contribution in [2.45, 2.75) is 57.8 Å². The van der Waals surface area contributed by atoms with E-state index < -0.39 is 16.0 Å². The highest BCUT2D eigenvalue weighted by atomic mass is 32.2. The zero-order chi connectivity index (χ0) is 18.6. The molecule has 7 heteroatoms. The first-order valence-electron chi connectivity index (χ1n) is 8.80. The normalized spacial score (nSPS) is 15.1. The van der Waals surface area contributed by atoms with Crippen molar-refractivity contribution in [2.75, 3.05) is 13.2 Å². The number of ether oxygens (including phenoxy) is 1. The minimum Gasteiger partial charge on any atom is -0.462 e. The zero-order valence-corrected chi connectivity index (χ0v) is 16.3. The Morgan fingerprint density at radius 2 is 2.00 bits per heavy atom. The van der Waals surface area contributed by atoms with E-state index in [9.17, 15) is 13.2 Å². The molecule has 1 aromatic heterocycles. The van der Waals surface area contributed by atoms with Crippen molar-refractivity contribution in [2.24, 2.45) is 7.05 Å². The Labute approximate surface area is 150 Å². The predicted molar refractivity (Wildman–Crippen MR) is 97.2 cm³/mol. The summed E-state index contributed by atoms with van der Waals surface area (Å²) in [5, 5.41) is 0. The summed E-state index contributed by atoms with van der Waals surface area (Å²) in [6.45, 7) is 5.67. The van der Waals surface area contributed by atoms with E-state index in [2.05, 4.69) is 10.8 Å². The highest BCUT2D eigenvalue weighted by Gasteiger charge is 2.31. The molecule has 1 heterocycles. The van der Waals surface area contributed by atoms with Crippen LogP contribution in [0.2, 0.25) is 0 Å². The molecule has 0 aliphatic heterocycles. The summed E-state index contributed by atoms with van der Waals surface area (Å²) in [4.78, 5) is 12.3. The lowest BCUT2D eigenvalue weighted by atomic mass is 9.97. The van der Waals surface area contributed by atoms with Crippen LogP contribution in [-0.4, -0.2) is 32.1 Å². The highest BCUT2D eigenvalue weighted by Crippen LogP contribution is 2.27. The monoisotopic (exact) mass is 368 g/mol. The molecule has 2 rings (SSSR count). The van der Waals surface area contributed by atoms with Gasteiger partial charge in [0.05, 0.1) is 6.61 Å². The Morgan fingerprint density at radius 1 is 1.28 bits per heavy atom. The van der Waals surface area contributed by atoms with Crippen LogP contribution in [0.25, 0.3) is 0 Å². The summed E-state index contributed by atoms with van der Waals surface area (Å²) < 4.78 is 35.1. The summed E-state index contributed by atoms with van der Waals surface area (Å²) in [5.74, 6) is -0.598. The molecule has 0 unspecified atom stereocenters. The second-order valence-corrected chi connectivity index (χ2v) is 8.11. The molecule has 1 N–H and O–H groups in total. The molecule has 0 spiro atoms. The lowest BCUT2D eigenvalue weighted by Crippen LogP contribution is -2.27. The number of esters is 1. The van der Waals surface area contributed by atoms with Gasteiger partial charge in [-0.1, -0.05) is 11.6 Å². The van der Waals surface area contributed by atoms with Crippen LogP contribution in [0.3, 0.4) is 0 Å². The average Bonchev–Trinajstić information content (AvgIpc) is 2.81. The van der Waals surface area contributed by atoms with Crippen LogP contribution in [0.5, 0.6) is 0 Å². The van der Waals surface area contributed by atoms with Gasteiger partial charge in [0, 0.05) is 25.0 Å². The summed E-state index contributed by atoms with van der Waals surface area (Å²) in [5.41, 5.74) is 2.56. The van der Waals surface area contributed by atoms with Gasteiger partial charge in [-0.25, -0.2) is 17.9 Å². The second kappa shape index (κ2) is 8.19. The van der Waals surface area contributed by atoms with Crippen LogP contribution in [0.1, 0.15) is 60.8 Å². The number of sulfonamides is 1. The molecule has 0 saturated heterocycles. The Kier molecular flexibility index (Phi) is 6.46. The minimum atomic E-state index is -3.79. The maximum absolute atomic E-state index is 12.8. The van der Waals surface area contributed by atoms with Gasteiger partial charge >= 0.3 is 5.97 Å². The Bertz CT molecular complexity index is 775. The van der Waals surface area contributed by atoms with E-state index in [0.29, 0.717) is 24.4 Å². The standard InChI is InChI=1S/C18H28N2O4S/c1-5-24-18(21)16-13(2)20(4)14(3)17(16)25(22,23)19-12-11-15-9-7-6-8-10-15/h9,19H,5-8,10-12H2,1-4H3. The second-order valence-electron chi connectivity index (χ2n) is 6.41. The number of nitrogens with one attached hydrogen (secondary N) is 1. The Morgan fingerprint density at radius 3 is 2.60 bits per heavy atom. The summed E-state index contributed by atoms with van der Waals surface area (Å²) in [6, 6.07) is 0. The number of allylic oxidation sites excluding steroid dienone is 1. The Hall–Kier alpha value is -1.60. The number of carbonyl (C=O) groups excluding carboxylic acids is 1. The zero-order valence-electron chi connectivity index (χ0n) is 15.5. The molecule has 0 radical (unpaired) electrons. The van der Waals surface area contributed by atoms with Gasteiger partial charge in [-0.3, -0.25) is 0 Å². The summed E-state index contributed by atoms with van der Waals surface area (Å²) in [6.07, 6.45) is 7.41. The molecule has 140 valence electrons. The number of hydrogen-bond acceptors (Lipinski definition) is 4. The van der Waals surface area contributed by atoms with Crippen LogP contribution < -0.4 is 4.72 Å². The molecule has 6 nitrogen and oxygen atoms in total. The lowest BCUT2D eigenvalue weighted by Gasteiger charge is -2.13. The molecule has 1 aliphatic carbocycles. The fourth-order valence-corrected chi connectivity index (χ4v) is 4.78. The van der Waals surface area contributed by atoms with Crippen LogP contribution in [0, 0.1) is 13.8 Å². The highest BCUT2D eigenvalue weighted by molar-refractivity contribution is 7.89. The first-order chi connectivity index (χ1) is 11.8. The van der Waals surface area contributed by atoms with Crippen molar-refractivity contribution in [3.05, 3.63) is 28.6 Å². The van der Waals surface area contributed by atoms with E-state index in [0.717, 1.165) is 12.8 Å². The number of hydrogen-bond donors (Lipinski definition) is 1. The molecule has 0 aromatic carbocycles. The first-order valence-corrected chi connectivity index (χ1v) is 10.3. The predicted octanol–water partition coefficient (Wildman–Crippen LogP) is 2.99. The number of carbonyl (C=O) groups is 1. The SMILES string of the molecule is CCOC(=O)c1c(S(=O)(=O)NCCC2=CCCCC2)c(C)n(C)c1C. The molecule has 0 bridgehead atoms. The van der Waals surface area contributed by atoms with Crippen LogP contribution in [0.4, 0.5) is 0 Å². The van der Waals surface area contributed by atoms with Gasteiger partial charge in [0.1, 0.15) is 10.5 Å². The van der Waals surface area contributed by atoms with E-state index in [4.69, 9.17) is 4.74 Å². The van der Waals surface area contributed by atoms with Crippen molar-refractivity contribution in [1.82, 2.24) is 9.29 Å². The van der Waals surface area contributed by atoms with Crippen molar-refractivity contribution < 1.29 is 17.9 Å². The summed E-state index contributed by atoms with van der Waals surface area (Å²) >= 11 is 0. The molecule has 0 atom stereocenters. The number of nitrogens with zero attached hydrogens (tertiary/aromatic N) is 1. The maximum atomic E-state index is 12.8. The van der Waals surface area contributed by atoms with Crippen molar-refractivity contribution in [3.8, 4) is 0 Å². The van der Waals surface area contributed by atoms with Gasteiger partial charge in [-0.2, -0.15) is 0 Å². The maximum Gasteiger partial charge on any atom is 0.341 e. The minimum absolute atomic E-state index is 0.0311. The van der Waals surface area contributed by atoms with Crippen molar-refractivity contribution in [3.63, 3.8) is 0 Å². The summed E-state index contributed by atoms with van der Waals surface area (Å²) in [7, 11) is -2.04. The quantitative estimate of drug-likeness (QED) is 0.593. The molecule has 1 aliphatic rings. The van der Waals surface area contributed by atoms with Gasteiger partial charge in [-0.05, 0) is 52.9 Å². The van der Waals surface area contributed by atoms with Gasteiger partial charge in [-0.15, -0.1) is 0 Å². The lowest BCUT2D eigenvalue weighted by molar-refractivity contribution is 0.0521. The third-order valence-electron chi connectivity index (χ3n) is 4.80. The van der Waals surface area contributed by atoms with E-state index in [-0.39, 0.29) is 17.1 Å². The Balaban J connectivity index is 2.24. The first kappa shape index (κ1) is 19.7. The van der Waals surface area contributed by atoms with Gasteiger partial charge in [0.2, 0.25) is 10.0 Å². The largest absolute Gasteiger partial charge is 0.462 e. The van der Waals surface area contributed by atoms with Crippen LogP contribution >= 0.6 is 0 Å². The van der Waals surface area contributed by atoms with Gasteiger partial charge in [0.15, 0.2) is 0 Å². The fraction of sp³-hybridized carbons (Fsp3) is 0.611. The third-order valence-corrected chi connectivity index (χ3v) is 6.42. The molecule has 0 fully saturated rings. The van der Waals surface area contributed by atoms with Gasteiger partial charge in [0.25, 0.3) is 0 Å². The topological polar surface area (TPSA) is 77.4 Å². The fourth-order valence-electron chi connectivity index (χ4n) is 3.24. The third kappa shape index (κ3) is 4.33. The van der Waals surface area contributed by atoms with Crippen LogP contribution in [0.15, 0.2) is 16.5 Å². The van der Waals surface area contributed by atoms with E-state index in [1.807, 2.05) is 0 Å². The van der Waals surface area contributed by atoms with E-state index in [1.165, 1.54) is 18.4 Å². The average molecular weight is 368 g/mol. The number of aromatic nitrogens is 1. The van der Waals surface area contributed by atoms with E-state index >= 15 is 0 Å². The molecule has 1 aromatic rings. The molecule has 0 saturated carbocycles. The van der Waals surface area contributed by atoms with Crippen molar-refractivity contribution >= 4 is 16.0 Å². The van der Waals surface area contributed by atoms with Crippen molar-refractivity contribution in [1.29, 1.82) is 0 Å². The smallest absolute Gasteiger partial charge is 0.341 e.